The number of halogens is 1. The van der Waals surface area contributed by atoms with E-state index in [2.05, 4.69) is 9.55 Å². The molecule has 6 heteroatoms. The number of para-hydroxylation sites is 2. The Labute approximate surface area is 142 Å². The summed E-state index contributed by atoms with van der Waals surface area (Å²) in [4.78, 5) is 16.9. The van der Waals surface area contributed by atoms with Crippen LogP contribution in [0.5, 0.6) is 0 Å². The predicted molar refractivity (Wildman–Crippen MR) is 91.1 cm³/mol. The first-order chi connectivity index (χ1) is 11.2. The van der Waals surface area contributed by atoms with Crippen molar-refractivity contribution in [2.45, 2.75) is 17.8 Å². The summed E-state index contributed by atoms with van der Waals surface area (Å²) >= 11 is 7.66. The minimum atomic E-state index is -0.380. The lowest BCUT2D eigenvalue weighted by atomic mass is 10.2. The van der Waals surface area contributed by atoms with Gasteiger partial charge in [-0.25, -0.2) is 9.78 Å². The molecular weight excluding hydrogens is 332 g/mol. The summed E-state index contributed by atoms with van der Waals surface area (Å²) < 4.78 is 7.75. The lowest BCUT2D eigenvalue weighted by Gasteiger charge is -2.24. The van der Waals surface area contributed by atoms with Crippen molar-refractivity contribution >= 4 is 40.4 Å². The lowest BCUT2D eigenvalue weighted by Crippen LogP contribution is -2.29. The van der Waals surface area contributed by atoms with E-state index in [1.165, 1.54) is 0 Å². The maximum Gasteiger partial charge on any atom is 0.340 e. The molecule has 0 radical (unpaired) electrons. The van der Waals surface area contributed by atoms with Gasteiger partial charge in [0.05, 0.1) is 28.2 Å². The summed E-state index contributed by atoms with van der Waals surface area (Å²) in [5.41, 5.74) is 2.43. The maximum atomic E-state index is 12.3. The Bertz CT molecular complexity index is 893. The zero-order chi connectivity index (χ0) is 15.8. The number of ether oxygens (including phenoxy) is 1. The second-order valence-corrected chi connectivity index (χ2v) is 6.71. The molecule has 1 aliphatic heterocycles. The molecule has 0 amide bonds. The minimum absolute atomic E-state index is 0.200. The molecule has 116 valence electrons. The molecule has 1 unspecified atom stereocenters. The van der Waals surface area contributed by atoms with Crippen molar-refractivity contribution in [2.75, 3.05) is 5.75 Å². The number of carbonyl (C=O) groups excluding carboxylic acids is 1. The number of esters is 1. The number of fused-ring (bicyclic) bond motifs is 3. The number of imidazole rings is 1. The number of aromatic nitrogens is 2. The van der Waals surface area contributed by atoms with E-state index in [-0.39, 0.29) is 12.1 Å². The fourth-order valence-corrected chi connectivity index (χ4v) is 3.89. The van der Waals surface area contributed by atoms with Gasteiger partial charge in [-0.15, -0.1) is 0 Å². The van der Waals surface area contributed by atoms with Crippen LogP contribution in [0.2, 0.25) is 5.02 Å². The summed E-state index contributed by atoms with van der Waals surface area (Å²) in [6.45, 7) is 0.610. The Hall–Kier alpha value is -1.98. The van der Waals surface area contributed by atoms with Crippen molar-refractivity contribution in [3.8, 4) is 0 Å². The number of carbonyl (C=O) groups is 1. The van der Waals surface area contributed by atoms with Crippen molar-refractivity contribution in [3.63, 3.8) is 0 Å². The van der Waals surface area contributed by atoms with Gasteiger partial charge in [0, 0.05) is 5.75 Å². The Morgan fingerprint density at radius 2 is 2.00 bits per heavy atom. The fourth-order valence-electron chi connectivity index (χ4n) is 2.68. The highest BCUT2D eigenvalue weighted by atomic mass is 35.5. The van der Waals surface area contributed by atoms with Crippen LogP contribution in [-0.2, 0) is 11.3 Å². The van der Waals surface area contributed by atoms with E-state index in [1.54, 1.807) is 36.0 Å². The van der Waals surface area contributed by atoms with E-state index < -0.39 is 0 Å². The molecule has 0 fully saturated rings. The topological polar surface area (TPSA) is 44.1 Å². The number of rotatable bonds is 2. The SMILES string of the molecule is O=C(OC1CSc2nc3ccccc3n2C1)c1ccccc1Cl. The molecular formula is C17H13ClN2O2S. The molecule has 0 spiro atoms. The van der Waals surface area contributed by atoms with E-state index in [1.807, 2.05) is 24.3 Å². The van der Waals surface area contributed by atoms with Crippen LogP contribution in [0.4, 0.5) is 0 Å². The van der Waals surface area contributed by atoms with Crippen molar-refractivity contribution in [1.29, 1.82) is 0 Å². The predicted octanol–water partition coefficient (Wildman–Crippen LogP) is 4.02. The van der Waals surface area contributed by atoms with E-state index in [0.29, 0.717) is 22.9 Å². The lowest BCUT2D eigenvalue weighted by molar-refractivity contribution is 0.0307. The van der Waals surface area contributed by atoms with Crippen LogP contribution in [0.15, 0.2) is 53.7 Å². The monoisotopic (exact) mass is 344 g/mol. The average Bonchev–Trinajstić information content (AvgIpc) is 2.93. The molecule has 0 bridgehead atoms. The highest BCUT2D eigenvalue weighted by Gasteiger charge is 2.26. The van der Waals surface area contributed by atoms with E-state index in [4.69, 9.17) is 16.3 Å². The molecule has 2 heterocycles. The van der Waals surface area contributed by atoms with E-state index >= 15 is 0 Å². The largest absolute Gasteiger partial charge is 0.456 e. The third kappa shape index (κ3) is 2.71. The van der Waals surface area contributed by atoms with Crippen molar-refractivity contribution in [2.24, 2.45) is 0 Å². The molecule has 0 saturated carbocycles. The zero-order valence-electron chi connectivity index (χ0n) is 12.1. The van der Waals surface area contributed by atoms with Crippen LogP contribution in [0.3, 0.4) is 0 Å². The van der Waals surface area contributed by atoms with Crippen LogP contribution in [0.1, 0.15) is 10.4 Å². The van der Waals surface area contributed by atoms with Crippen molar-refractivity contribution in [1.82, 2.24) is 9.55 Å². The van der Waals surface area contributed by atoms with Gasteiger partial charge in [0.1, 0.15) is 6.10 Å². The van der Waals surface area contributed by atoms with Crippen LogP contribution in [0.25, 0.3) is 11.0 Å². The first-order valence-corrected chi connectivity index (χ1v) is 8.62. The van der Waals surface area contributed by atoms with Crippen LogP contribution >= 0.6 is 23.4 Å². The molecule has 1 aromatic heterocycles. The van der Waals surface area contributed by atoms with Gasteiger partial charge in [0.15, 0.2) is 5.16 Å². The number of thioether (sulfide) groups is 1. The molecule has 0 saturated heterocycles. The van der Waals surface area contributed by atoms with Gasteiger partial charge in [-0.1, -0.05) is 47.6 Å². The standard InChI is InChI=1S/C17H13ClN2O2S/c18-13-6-2-1-5-12(13)16(21)22-11-9-20-15-8-4-3-7-14(15)19-17(20)23-10-11/h1-8,11H,9-10H2. The van der Waals surface area contributed by atoms with E-state index in [0.717, 1.165) is 16.2 Å². The van der Waals surface area contributed by atoms with Crippen molar-refractivity contribution < 1.29 is 9.53 Å². The molecule has 2 aromatic carbocycles. The Balaban J connectivity index is 1.56. The number of hydrogen-bond donors (Lipinski definition) is 0. The molecule has 23 heavy (non-hydrogen) atoms. The van der Waals surface area contributed by atoms with E-state index in [9.17, 15) is 4.79 Å². The van der Waals surface area contributed by atoms with Crippen LogP contribution < -0.4 is 0 Å². The molecule has 1 atom stereocenters. The summed E-state index contributed by atoms with van der Waals surface area (Å²) in [5.74, 6) is 0.313. The van der Waals surface area contributed by atoms with Crippen LogP contribution in [-0.4, -0.2) is 27.4 Å². The molecule has 0 N–H and O–H groups in total. The summed E-state index contributed by atoms with van der Waals surface area (Å²) in [6.07, 6.45) is -0.200. The second-order valence-electron chi connectivity index (χ2n) is 5.31. The quantitative estimate of drug-likeness (QED) is 0.659. The maximum absolute atomic E-state index is 12.3. The zero-order valence-corrected chi connectivity index (χ0v) is 13.7. The van der Waals surface area contributed by atoms with Gasteiger partial charge in [-0.2, -0.15) is 0 Å². The highest BCUT2D eigenvalue weighted by molar-refractivity contribution is 7.99. The first kappa shape index (κ1) is 14.6. The average molecular weight is 345 g/mol. The first-order valence-electron chi connectivity index (χ1n) is 7.26. The Morgan fingerprint density at radius 1 is 1.22 bits per heavy atom. The third-order valence-electron chi connectivity index (χ3n) is 3.77. The Kier molecular flexibility index (Phi) is 3.75. The fraction of sp³-hybridized carbons (Fsp3) is 0.176. The number of nitrogens with zero attached hydrogens (tertiary/aromatic N) is 2. The normalized spacial score (nSPS) is 17.0. The molecule has 3 aromatic rings. The van der Waals surface area contributed by atoms with Crippen LogP contribution in [0, 0.1) is 0 Å². The summed E-state index contributed by atoms with van der Waals surface area (Å²) in [5, 5.41) is 1.38. The second kappa shape index (κ2) is 5.91. The summed E-state index contributed by atoms with van der Waals surface area (Å²) in [7, 11) is 0. The Morgan fingerprint density at radius 3 is 2.87 bits per heavy atom. The van der Waals surface area contributed by atoms with Gasteiger partial charge in [0.2, 0.25) is 0 Å². The van der Waals surface area contributed by atoms with Gasteiger partial charge >= 0.3 is 5.97 Å². The van der Waals surface area contributed by atoms with Crippen molar-refractivity contribution in [3.05, 3.63) is 59.1 Å². The highest BCUT2D eigenvalue weighted by Crippen LogP contribution is 2.30. The van der Waals surface area contributed by atoms with Gasteiger partial charge in [-0.05, 0) is 24.3 Å². The molecule has 4 rings (SSSR count). The van der Waals surface area contributed by atoms with Gasteiger partial charge < -0.3 is 9.30 Å². The minimum Gasteiger partial charge on any atom is -0.456 e. The number of benzene rings is 2. The van der Waals surface area contributed by atoms with Gasteiger partial charge in [-0.3, -0.25) is 0 Å². The molecule has 0 aliphatic carbocycles. The molecule has 4 nitrogen and oxygen atoms in total. The van der Waals surface area contributed by atoms with Gasteiger partial charge in [0.25, 0.3) is 0 Å². The molecule has 1 aliphatic rings. The summed E-state index contributed by atoms with van der Waals surface area (Å²) in [6, 6.07) is 14.9. The number of hydrogen-bond acceptors (Lipinski definition) is 4. The smallest absolute Gasteiger partial charge is 0.340 e. The third-order valence-corrected chi connectivity index (χ3v) is 5.21.